The summed E-state index contributed by atoms with van der Waals surface area (Å²) in [4.78, 5) is 23.6. The number of benzene rings is 1. The lowest BCUT2D eigenvalue weighted by Crippen LogP contribution is -2.29. The summed E-state index contributed by atoms with van der Waals surface area (Å²) >= 11 is 0. The maximum atomic E-state index is 11.0. The third kappa shape index (κ3) is 3.06. The predicted molar refractivity (Wildman–Crippen MR) is 106 cm³/mol. The highest BCUT2D eigenvalue weighted by molar-refractivity contribution is 5.79. The van der Waals surface area contributed by atoms with Crippen molar-refractivity contribution in [3.63, 3.8) is 0 Å². The SMILES string of the molecule is CC(C)(CN)c1nc(-c2ccc3c(c2)CCC3N=O)c(-c2ccncc2)[nH]1. The van der Waals surface area contributed by atoms with E-state index >= 15 is 0 Å². The van der Waals surface area contributed by atoms with Crippen LogP contribution in [0.25, 0.3) is 22.5 Å². The van der Waals surface area contributed by atoms with E-state index in [1.165, 1.54) is 5.56 Å². The Morgan fingerprint density at radius 3 is 2.70 bits per heavy atom. The minimum Gasteiger partial charge on any atom is -0.341 e. The fourth-order valence-corrected chi connectivity index (χ4v) is 3.58. The van der Waals surface area contributed by atoms with Crippen LogP contribution in [0.5, 0.6) is 0 Å². The van der Waals surface area contributed by atoms with Crippen LogP contribution >= 0.6 is 0 Å². The van der Waals surface area contributed by atoms with E-state index in [0.717, 1.165) is 46.7 Å². The van der Waals surface area contributed by atoms with Gasteiger partial charge in [-0.3, -0.25) is 4.98 Å². The third-order valence-corrected chi connectivity index (χ3v) is 5.41. The lowest BCUT2D eigenvalue weighted by atomic mass is 9.93. The normalized spacial score (nSPS) is 16.3. The average molecular weight is 361 g/mol. The van der Waals surface area contributed by atoms with Gasteiger partial charge in [0.05, 0.1) is 11.4 Å². The van der Waals surface area contributed by atoms with Gasteiger partial charge in [0.15, 0.2) is 0 Å². The number of hydrogen-bond acceptors (Lipinski definition) is 5. The number of rotatable bonds is 5. The van der Waals surface area contributed by atoms with Crippen LogP contribution in [-0.4, -0.2) is 21.5 Å². The molecule has 1 unspecified atom stereocenters. The van der Waals surface area contributed by atoms with E-state index < -0.39 is 0 Å². The van der Waals surface area contributed by atoms with Crippen LogP contribution < -0.4 is 5.73 Å². The number of imidazole rings is 1. The highest BCUT2D eigenvalue weighted by Crippen LogP contribution is 2.38. The van der Waals surface area contributed by atoms with Gasteiger partial charge in [0.2, 0.25) is 0 Å². The first-order valence-electron chi connectivity index (χ1n) is 9.20. The fraction of sp³-hybridized carbons (Fsp3) is 0.333. The van der Waals surface area contributed by atoms with Crippen molar-refractivity contribution >= 4 is 0 Å². The molecular formula is C21H23N5O. The molecule has 0 aliphatic heterocycles. The number of aromatic nitrogens is 3. The molecule has 0 saturated carbocycles. The molecule has 6 nitrogen and oxygen atoms in total. The zero-order valence-corrected chi connectivity index (χ0v) is 15.6. The zero-order valence-electron chi connectivity index (χ0n) is 15.6. The van der Waals surface area contributed by atoms with E-state index in [9.17, 15) is 4.91 Å². The first-order chi connectivity index (χ1) is 13.0. The molecule has 27 heavy (non-hydrogen) atoms. The fourth-order valence-electron chi connectivity index (χ4n) is 3.58. The predicted octanol–water partition coefficient (Wildman–Crippen LogP) is 4.13. The van der Waals surface area contributed by atoms with Crippen molar-refractivity contribution in [1.82, 2.24) is 15.0 Å². The number of nitroso groups, excluding NO2 is 1. The van der Waals surface area contributed by atoms with E-state index in [0.29, 0.717) is 6.54 Å². The van der Waals surface area contributed by atoms with Crippen LogP contribution in [0.15, 0.2) is 47.9 Å². The second kappa shape index (κ2) is 6.70. The Hall–Kier alpha value is -2.86. The summed E-state index contributed by atoms with van der Waals surface area (Å²) in [6, 6.07) is 9.90. The lowest BCUT2D eigenvalue weighted by molar-refractivity contribution is 0.508. The molecule has 1 atom stereocenters. The highest BCUT2D eigenvalue weighted by Gasteiger charge is 2.27. The number of hydrogen-bond donors (Lipinski definition) is 2. The summed E-state index contributed by atoms with van der Waals surface area (Å²) in [6.07, 6.45) is 5.20. The maximum Gasteiger partial charge on any atom is 0.117 e. The smallest absolute Gasteiger partial charge is 0.117 e. The van der Waals surface area contributed by atoms with Crippen molar-refractivity contribution < 1.29 is 0 Å². The Kier molecular flexibility index (Phi) is 4.36. The molecule has 0 fully saturated rings. The van der Waals surface area contributed by atoms with Crippen LogP contribution in [-0.2, 0) is 11.8 Å². The largest absolute Gasteiger partial charge is 0.341 e. The highest BCUT2D eigenvalue weighted by atomic mass is 16.3. The number of nitrogens with zero attached hydrogens (tertiary/aromatic N) is 3. The van der Waals surface area contributed by atoms with Crippen molar-refractivity contribution in [2.24, 2.45) is 10.9 Å². The topological polar surface area (TPSA) is 97.0 Å². The van der Waals surface area contributed by atoms with Gasteiger partial charge in [-0.25, -0.2) is 4.98 Å². The molecule has 0 radical (unpaired) electrons. The quantitative estimate of drug-likeness (QED) is 0.668. The summed E-state index contributed by atoms with van der Waals surface area (Å²) in [5, 5.41) is 3.25. The number of nitrogens with one attached hydrogen (secondary N) is 1. The lowest BCUT2D eigenvalue weighted by Gasteiger charge is -2.18. The van der Waals surface area contributed by atoms with Gasteiger partial charge < -0.3 is 10.7 Å². The molecule has 2 aromatic heterocycles. The van der Waals surface area contributed by atoms with Crippen LogP contribution in [0, 0.1) is 4.91 Å². The van der Waals surface area contributed by atoms with Crippen molar-refractivity contribution in [3.8, 4) is 22.5 Å². The molecule has 6 heteroatoms. The number of nitrogens with two attached hydrogens (primary N) is 1. The Labute approximate surface area is 158 Å². The summed E-state index contributed by atoms with van der Waals surface area (Å²) < 4.78 is 0. The second-order valence-electron chi connectivity index (χ2n) is 7.71. The molecule has 1 aliphatic carbocycles. The maximum absolute atomic E-state index is 11.0. The molecule has 1 aromatic carbocycles. The van der Waals surface area contributed by atoms with Crippen LogP contribution in [0.3, 0.4) is 0 Å². The molecule has 2 heterocycles. The van der Waals surface area contributed by atoms with Gasteiger partial charge in [-0.2, -0.15) is 4.91 Å². The Bertz CT molecular complexity index is 977. The average Bonchev–Trinajstić information content (AvgIpc) is 3.33. The number of aryl methyl sites for hydroxylation is 1. The molecule has 0 amide bonds. The molecule has 0 bridgehead atoms. The van der Waals surface area contributed by atoms with Crippen molar-refractivity contribution in [3.05, 3.63) is 64.6 Å². The number of H-pyrrole nitrogens is 1. The zero-order chi connectivity index (χ0) is 19.0. The summed E-state index contributed by atoms with van der Waals surface area (Å²) in [5.74, 6) is 0.861. The van der Waals surface area contributed by atoms with E-state index in [1.807, 2.05) is 24.3 Å². The Morgan fingerprint density at radius 2 is 2.00 bits per heavy atom. The van der Waals surface area contributed by atoms with Crippen LogP contribution in [0.2, 0.25) is 0 Å². The van der Waals surface area contributed by atoms with Gasteiger partial charge in [0.25, 0.3) is 0 Å². The summed E-state index contributed by atoms with van der Waals surface area (Å²) in [5.41, 5.74) is 11.8. The number of aromatic amines is 1. The molecule has 0 saturated heterocycles. The number of pyridine rings is 1. The van der Waals surface area contributed by atoms with Gasteiger partial charge in [-0.15, -0.1) is 0 Å². The monoisotopic (exact) mass is 361 g/mol. The third-order valence-electron chi connectivity index (χ3n) is 5.41. The van der Waals surface area contributed by atoms with Crippen molar-refractivity contribution in [2.45, 2.75) is 38.1 Å². The minimum atomic E-state index is -0.261. The van der Waals surface area contributed by atoms with Gasteiger partial charge in [0, 0.05) is 35.5 Å². The van der Waals surface area contributed by atoms with Crippen LogP contribution in [0.4, 0.5) is 0 Å². The van der Waals surface area contributed by atoms with Gasteiger partial charge in [0.1, 0.15) is 11.9 Å². The Balaban J connectivity index is 1.86. The molecule has 3 aromatic rings. The van der Waals surface area contributed by atoms with E-state index in [2.05, 4.69) is 35.1 Å². The van der Waals surface area contributed by atoms with Crippen molar-refractivity contribution in [1.29, 1.82) is 0 Å². The molecule has 1 aliphatic rings. The first-order valence-corrected chi connectivity index (χ1v) is 9.20. The van der Waals surface area contributed by atoms with Crippen LogP contribution in [0.1, 0.15) is 43.3 Å². The summed E-state index contributed by atoms with van der Waals surface area (Å²) in [7, 11) is 0. The first kappa shape index (κ1) is 17.5. The molecule has 3 N–H and O–H groups in total. The van der Waals surface area contributed by atoms with E-state index in [1.54, 1.807) is 12.4 Å². The Morgan fingerprint density at radius 1 is 1.22 bits per heavy atom. The van der Waals surface area contributed by atoms with E-state index in [4.69, 9.17) is 10.7 Å². The van der Waals surface area contributed by atoms with Gasteiger partial charge in [-0.05, 0) is 42.2 Å². The summed E-state index contributed by atoms with van der Waals surface area (Å²) in [6.45, 7) is 4.65. The standard InChI is InChI=1S/C21H23N5O/c1-21(2,12-22)20-24-18(13-7-9-23-10-8-13)19(25-20)15-3-5-16-14(11-15)4-6-17(16)26-27/h3,5,7-11,17H,4,6,12,22H2,1-2H3,(H,24,25). The van der Waals surface area contributed by atoms with E-state index in [-0.39, 0.29) is 11.5 Å². The minimum absolute atomic E-state index is 0.223. The van der Waals surface area contributed by atoms with Gasteiger partial charge in [-0.1, -0.05) is 31.2 Å². The van der Waals surface area contributed by atoms with Crippen molar-refractivity contribution in [2.75, 3.05) is 6.54 Å². The molecule has 138 valence electrons. The molecule has 0 spiro atoms. The van der Waals surface area contributed by atoms with Gasteiger partial charge >= 0.3 is 0 Å². The molecular weight excluding hydrogens is 338 g/mol. The number of fused-ring (bicyclic) bond motifs is 1. The second-order valence-corrected chi connectivity index (χ2v) is 7.71. The molecule has 4 rings (SSSR count).